The van der Waals surface area contributed by atoms with E-state index in [-0.39, 0.29) is 88.9 Å². The smallest absolute Gasteiger partial charge is 0.328 e. The Balaban J connectivity index is 0.000000403. The molecule has 9 heterocycles. The van der Waals surface area contributed by atoms with Gasteiger partial charge in [-0.2, -0.15) is 54.0 Å². The van der Waals surface area contributed by atoms with E-state index >= 15 is 0 Å². The molecule has 4 aliphatic heterocycles. The molecule has 64 heavy (non-hydrogen) atoms. The fraction of sp³-hybridized carbons (Fsp3) is 0.447. The zero-order valence-corrected chi connectivity index (χ0v) is 39.1. The first-order chi connectivity index (χ1) is 29.1. The normalized spacial score (nSPS) is 18.9. The molecule has 26 heteroatoms. The number of imidazole rings is 1. The number of ether oxygens (including phenoxy) is 5. The topological polar surface area (TPSA) is 298 Å². The van der Waals surface area contributed by atoms with Crippen LogP contribution in [0.3, 0.4) is 0 Å². The molecule has 22 nitrogen and oxygen atoms in total. The molecule has 9 rings (SSSR count). The molecule has 5 aromatic heterocycles. The number of nitro groups is 2. The largest absolute Gasteiger partial charge is 0.490 e. The van der Waals surface area contributed by atoms with Gasteiger partial charge in [-0.25, -0.2) is 4.79 Å². The van der Waals surface area contributed by atoms with Crippen LogP contribution >= 0.6 is 54.0 Å². The summed E-state index contributed by atoms with van der Waals surface area (Å²) in [6, 6.07) is 7.82. The van der Waals surface area contributed by atoms with Crippen molar-refractivity contribution >= 4 is 93.5 Å². The van der Waals surface area contributed by atoms with Crippen molar-refractivity contribution in [1.29, 1.82) is 0 Å². The number of hydrogen-bond donors (Lipinski definition) is 5. The van der Waals surface area contributed by atoms with Gasteiger partial charge < -0.3 is 50.8 Å². The van der Waals surface area contributed by atoms with Gasteiger partial charge in [-0.15, -0.1) is 0 Å². The highest BCUT2D eigenvalue weighted by molar-refractivity contribution is 7.59. The molecule has 0 unspecified atom stereocenters. The highest BCUT2D eigenvalue weighted by Crippen LogP contribution is 2.25. The van der Waals surface area contributed by atoms with Crippen LogP contribution < -0.4 is 32.5 Å². The number of nitrogens with zero attached hydrogens (tertiary/aromatic N) is 7. The summed E-state index contributed by atoms with van der Waals surface area (Å²) in [4.78, 5) is 49.7. The van der Waals surface area contributed by atoms with Gasteiger partial charge >= 0.3 is 17.1 Å². The van der Waals surface area contributed by atoms with Crippen molar-refractivity contribution in [2.75, 3.05) is 76.3 Å². The molecule has 0 aliphatic carbocycles. The number of pyridine rings is 4. The van der Waals surface area contributed by atoms with Gasteiger partial charge in [-0.3, -0.25) is 44.7 Å². The van der Waals surface area contributed by atoms with Gasteiger partial charge in [-0.1, -0.05) is 0 Å². The summed E-state index contributed by atoms with van der Waals surface area (Å²) in [5.41, 5.74) is 14.8. The number of aromatic amines is 1. The Morgan fingerprint density at radius 3 is 1.72 bits per heavy atom. The van der Waals surface area contributed by atoms with Crippen LogP contribution in [0.25, 0.3) is 11.0 Å². The summed E-state index contributed by atoms with van der Waals surface area (Å²) in [5.74, 6) is 0.227. The molecular weight excluding hydrogens is 913 g/mol. The highest BCUT2D eigenvalue weighted by Gasteiger charge is 2.22. The van der Waals surface area contributed by atoms with E-state index in [4.69, 9.17) is 35.2 Å². The fourth-order valence-corrected chi connectivity index (χ4v) is 6.23. The van der Waals surface area contributed by atoms with E-state index in [1.165, 1.54) is 31.8 Å². The number of rotatable bonds is 8. The number of fused-ring (bicyclic) bond motifs is 1. The molecule has 4 saturated heterocycles. The molecule has 0 amide bonds. The van der Waals surface area contributed by atoms with Crippen molar-refractivity contribution < 1.29 is 33.5 Å². The number of H-pyrrole nitrogens is 1. The summed E-state index contributed by atoms with van der Waals surface area (Å²) in [7, 11) is 1.38. The summed E-state index contributed by atoms with van der Waals surface area (Å²) in [6.45, 7) is 5.88. The van der Waals surface area contributed by atoms with Crippen LogP contribution in [0.4, 0.5) is 28.4 Å². The predicted octanol–water partition coefficient (Wildman–Crippen LogP) is 3.92. The van der Waals surface area contributed by atoms with E-state index in [0.29, 0.717) is 43.3 Å². The van der Waals surface area contributed by atoms with Crippen LogP contribution in [0, 0.1) is 20.2 Å². The van der Waals surface area contributed by atoms with E-state index in [1.54, 1.807) is 35.4 Å². The molecular formula is C38H58N12O10S4. The molecule has 5 aromatic rings. The summed E-state index contributed by atoms with van der Waals surface area (Å²) >= 11 is 0. The molecule has 4 fully saturated rings. The van der Waals surface area contributed by atoms with Crippen LogP contribution in [0.15, 0.2) is 78.6 Å². The standard InChI is InChI=1S/C10H11N3O2.C9H11N3O3.C9H13N3O.C6H6N2O3.C4H9NO.4H2S/c14-10-12-8-5-11-3-1-9(8)13(10)7-2-4-15-6-7;13-12(14)9-5-10-3-1-8(9)11-7-2-4-15-6-7;10-8-5-11-3-1-9(8)12-7-2-4-13-6-7;1-11-6-2-3-7-4-5(6)8(9)10;5-4-1-2-6-3-4;;;;/h1,3,5,7H,2,4,6H2,(H,12,14);1,3,5,7H,2,4,6H2,(H,10,11);1,3,5,7H,2,4,6,10H2,(H,11,12);2-4H,1H3;4H,1-3,5H2;4*1H2/t3*7-;;4-;;;;/m000.0..../s1. The molecule has 354 valence electrons. The monoisotopic (exact) mass is 970 g/mol. The molecule has 4 aliphatic rings. The lowest BCUT2D eigenvalue weighted by atomic mass is 10.2. The van der Waals surface area contributed by atoms with E-state index in [0.717, 1.165) is 81.6 Å². The molecule has 0 bridgehead atoms. The average molecular weight is 971 g/mol. The average Bonchev–Trinajstić information content (AvgIpc) is 4.12. The molecule has 7 N–H and O–H groups in total. The van der Waals surface area contributed by atoms with E-state index in [1.807, 2.05) is 12.1 Å². The van der Waals surface area contributed by atoms with Crippen LogP contribution in [0.1, 0.15) is 31.7 Å². The number of anilines is 3. The first-order valence-electron chi connectivity index (χ1n) is 19.2. The van der Waals surface area contributed by atoms with Crippen LogP contribution in [0.2, 0.25) is 0 Å². The van der Waals surface area contributed by atoms with Crippen LogP contribution in [-0.2, 0) is 18.9 Å². The van der Waals surface area contributed by atoms with Gasteiger partial charge in [0, 0.05) is 63.3 Å². The second-order valence-electron chi connectivity index (χ2n) is 13.7. The van der Waals surface area contributed by atoms with Crippen LogP contribution in [-0.4, -0.2) is 117 Å². The first kappa shape index (κ1) is 57.1. The predicted molar refractivity (Wildman–Crippen MR) is 262 cm³/mol. The Morgan fingerprint density at radius 1 is 0.703 bits per heavy atom. The van der Waals surface area contributed by atoms with Gasteiger partial charge in [0.1, 0.15) is 18.1 Å². The number of hydrogen-bond acceptors (Lipinski definition) is 18. The van der Waals surface area contributed by atoms with Crippen molar-refractivity contribution in [2.45, 2.75) is 49.9 Å². The number of methoxy groups -OCH3 is 1. The molecule has 0 spiro atoms. The second kappa shape index (κ2) is 30.3. The maximum absolute atomic E-state index is 11.7. The molecule has 4 atom stereocenters. The van der Waals surface area contributed by atoms with E-state index < -0.39 is 9.85 Å². The SMILES string of the molecule is COc1ccncc1[N+](=O)[O-].N[C@H]1CCOC1.Nc1cnccc1N[C@H]1CCOC1.O=[N+]([O-])c1cnccc1N[C@H]1CCOC1.O=c1[nH]c2cnccc2n1[C@H]1CCOC1.S.S.S.S. The van der Waals surface area contributed by atoms with Gasteiger partial charge in [0.15, 0.2) is 5.75 Å². The van der Waals surface area contributed by atoms with Gasteiger partial charge in [-0.05, 0) is 43.9 Å². The number of nitrogen functional groups attached to an aromatic ring is 1. The molecule has 0 radical (unpaired) electrons. The number of nitrogens with two attached hydrogens (primary N) is 2. The first-order valence-corrected chi connectivity index (χ1v) is 19.2. The lowest BCUT2D eigenvalue weighted by Crippen LogP contribution is -2.22. The summed E-state index contributed by atoms with van der Waals surface area (Å²) in [6.07, 6.45) is 16.0. The number of nitrogens with one attached hydrogen (secondary N) is 3. The fourth-order valence-electron chi connectivity index (χ4n) is 6.23. The van der Waals surface area contributed by atoms with Gasteiger partial charge in [0.2, 0.25) is 0 Å². The second-order valence-corrected chi connectivity index (χ2v) is 13.7. The Bertz CT molecular complexity index is 2170. The Kier molecular flexibility index (Phi) is 27.0. The highest BCUT2D eigenvalue weighted by atomic mass is 32.1. The van der Waals surface area contributed by atoms with E-state index in [2.05, 4.69) is 35.6 Å². The van der Waals surface area contributed by atoms with E-state index in [9.17, 15) is 25.0 Å². The third-order valence-corrected chi connectivity index (χ3v) is 9.36. The minimum Gasteiger partial charge on any atom is -0.490 e. The summed E-state index contributed by atoms with van der Waals surface area (Å²) in [5, 5.41) is 27.4. The third-order valence-electron chi connectivity index (χ3n) is 9.36. The van der Waals surface area contributed by atoms with Crippen molar-refractivity contribution in [1.82, 2.24) is 29.5 Å². The van der Waals surface area contributed by atoms with Crippen molar-refractivity contribution in [2.24, 2.45) is 5.73 Å². The quantitative estimate of drug-likeness (QED) is 0.109. The number of aromatic nitrogens is 6. The van der Waals surface area contributed by atoms with Crippen molar-refractivity contribution in [3.63, 3.8) is 0 Å². The molecule has 0 saturated carbocycles. The Hall–Kier alpha value is -4.93. The van der Waals surface area contributed by atoms with Gasteiger partial charge in [0.05, 0.1) is 96.3 Å². The minimum absolute atomic E-state index is 0. The lowest BCUT2D eigenvalue weighted by molar-refractivity contribution is -0.386. The summed E-state index contributed by atoms with van der Waals surface area (Å²) < 4.78 is 27.2. The Morgan fingerprint density at radius 2 is 1.22 bits per heavy atom. The maximum atomic E-state index is 11.7. The maximum Gasteiger partial charge on any atom is 0.328 e. The molecule has 0 aromatic carbocycles. The van der Waals surface area contributed by atoms with Crippen LogP contribution in [0.5, 0.6) is 5.75 Å². The zero-order chi connectivity index (χ0) is 42.7. The van der Waals surface area contributed by atoms with Crippen molar-refractivity contribution in [3.05, 3.63) is 105 Å². The zero-order valence-electron chi connectivity index (χ0n) is 35.1. The third kappa shape index (κ3) is 17.6. The lowest BCUT2D eigenvalue weighted by Gasteiger charge is -2.13. The minimum atomic E-state index is -0.536. The van der Waals surface area contributed by atoms with Crippen molar-refractivity contribution in [3.8, 4) is 5.75 Å². The Labute approximate surface area is 397 Å². The van der Waals surface area contributed by atoms with Gasteiger partial charge in [0.25, 0.3) is 0 Å².